The van der Waals surface area contributed by atoms with E-state index in [0.29, 0.717) is 0 Å². The zero-order valence-electron chi connectivity index (χ0n) is 9.79. The van der Waals surface area contributed by atoms with Gasteiger partial charge in [-0.1, -0.05) is 13.0 Å². The lowest BCUT2D eigenvalue weighted by atomic mass is 9.93. The van der Waals surface area contributed by atoms with Crippen LogP contribution < -0.4 is 4.90 Å². The van der Waals surface area contributed by atoms with Gasteiger partial charge < -0.3 is 4.90 Å². The van der Waals surface area contributed by atoms with E-state index in [4.69, 9.17) is 0 Å². The van der Waals surface area contributed by atoms with Crippen LogP contribution in [0.5, 0.6) is 0 Å². The molecule has 80 valence electrons. The second-order valence-electron chi connectivity index (χ2n) is 4.37. The number of anilines is 1. The molecule has 1 aromatic carbocycles. The molecule has 0 aromatic heterocycles. The summed E-state index contributed by atoms with van der Waals surface area (Å²) in [6.07, 6.45) is 0.889. The summed E-state index contributed by atoms with van der Waals surface area (Å²) < 4.78 is 0. The van der Waals surface area contributed by atoms with E-state index in [9.17, 15) is 4.79 Å². The Kier molecular flexibility index (Phi) is 2.29. The fourth-order valence-corrected chi connectivity index (χ4v) is 2.54. The zero-order valence-corrected chi connectivity index (χ0v) is 9.79. The van der Waals surface area contributed by atoms with Crippen molar-refractivity contribution >= 4 is 11.6 Å². The van der Waals surface area contributed by atoms with Crippen LogP contribution in [-0.4, -0.2) is 13.0 Å². The van der Waals surface area contributed by atoms with Crippen molar-refractivity contribution in [2.24, 2.45) is 0 Å². The largest absolute Gasteiger partial charge is 0.315 e. The fourth-order valence-electron chi connectivity index (χ4n) is 2.54. The molecule has 1 unspecified atom stereocenters. The van der Waals surface area contributed by atoms with Gasteiger partial charge in [-0.3, -0.25) is 4.79 Å². The van der Waals surface area contributed by atoms with Gasteiger partial charge in [-0.25, -0.2) is 0 Å². The summed E-state index contributed by atoms with van der Waals surface area (Å²) in [5.41, 5.74) is 4.80. The number of hydrogen-bond acceptors (Lipinski definition) is 1. The van der Waals surface area contributed by atoms with E-state index in [1.807, 2.05) is 7.05 Å². The summed E-state index contributed by atoms with van der Waals surface area (Å²) in [5, 5.41) is 0. The third-order valence-corrected chi connectivity index (χ3v) is 3.26. The van der Waals surface area contributed by atoms with Gasteiger partial charge in [0.1, 0.15) is 0 Å². The van der Waals surface area contributed by atoms with E-state index >= 15 is 0 Å². The van der Waals surface area contributed by atoms with Gasteiger partial charge in [0.05, 0.1) is 5.92 Å². The Morgan fingerprint density at radius 3 is 2.60 bits per heavy atom. The van der Waals surface area contributed by atoms with E-state index in [-0.39, 0.29) is 11.8 Å². The predicted molar refractivity (Wildman–Crippen MR) is 62.4 cm³/mol. The number of aryl methyl sites for hydroxylation is 2. The van der Waals surface area contributed by atoms with Crippen LogP contribution in [0, 0.1) is 13.8 Å². The van der Waals surface area contributed by atoms with Gasteiger partial charge in [-0.2, -0.15) is 0 Å². The van der Waals surface area contributed by atoms with Crippen molar-refractivity contribution in [2.45, 2.75) is 33.1 Å². The predicted octanol–water partition coefficient (Wildman–Crippen LogP) is 2.77. The summed E-state index contributed by atoms with van der Waals surface area (Å²) in [7, 11) is 1.87. The first-order valence-corrected chi connectivity index (χ1v) is 5.45. The molecule has 1 aliphatic rings. The number of amides is 1. The molecule has 0 spiro atoms. The number of fused-ring (bicyclic) bond motifs is 1. The number of rotatable bonds is 1. The second-order valence-corrected chi connectivity index (χ2v) is 4.37. The summed E-state index contributed by atoms with van der Waals surface area (Å²) in [6.45, 7) is 6.25. The lowest BCUT2D eigenvalue weighted by Crippen LogP contribution is -2.23. The average Bonchev–Trinajstić information content (AvgIpc) is 2.42. The minimum Gasteiger partial charge on any atom is -0.315 e. The molecule has 0 radical (unpaired) electrons. The van der Waals surface area contributed by atoms with Gasteiger partial charge in [-0.15, -0.1) is 0 Å². The van der Waals surface area contributed by atoms with Gasteiger partial charge in [0, 0.05) is 12.7 Å². The van der Waals surface area contributed by atoms with Gasteiger partial charge >= 0.3 is 0 Å². The molecular weight excluding hydrogens is 186 g/mol. The number of nitrogens with zero attached hydrogens (tertiary/aromatic N) is 1. The van der Waals surface area contributed by atoms with Crippen molar-refractivity contribution in [3.8, 4) is 0 Å². The summed E-state index contributed by atoms with van der Waals surface area (Å²) in [6, 6.07) is 4.27. The molecule has 0 fully saturated rings. The highest BCUT2D eigenvalue weighted by Gasteiger charge is 2.34. The number of carbonyl (C=O) groups is 1. The topological polar surface area (TPSA) is 20.3 Å². The molecule has 15 heavy (non-hydrogen) atoms. The van der Waals surface area contributed by atoms with E-state index in [1.165, 1.54) is 16.7 Å². The first-order chi connectivity index (χ1) is 7.06. The molecule has 0 saturated carbocycles. The highest BCUT2D eigenvalue weighted by atomic mass is 16.2. The first kappa shape index (κ1) is 10.2. The lowest BCUT2D eigenvalue weighted by molar-refractivity contribution is -0.119. The molecular formula is C13H17NO. The number of benzene rings is 1. The quantitative estimate of drug-likeness (QED) is 0.687. The molecule has 1 atom stereocenters. The molecule has 0 bridgehead atoms. The van der Waals surface area contributed by atoms with Crippen LogP contribution in [0.25, 0.3) is 0 Å². The molecule has 1 aliphatic heterocycles. The number of hydrogen-bond donors (Lipinski definition) is 0. The van der Waals surface area contributed by atoms with Crippen LogP contribution in [0.2, 0.25) is 0 Å². The Hall–Kier alpha value is -1.31. The Labute approximate surface area is 90.9 Å². The van der Waals surface area contributed by atoms with Gasteiger partial charge in [0.25, 0.3) is 0 Å². The van der Waals surface area contributed by atoms with Gasteiger partial charge in [-0.05, 0) is 43.0 Å². The molecule has 2 nitrogen and oxygen atoms in total. The zero-order chi connectivity index (χ0) is 11.2. The summed E-state index contributed by atoms with van der Waals surface area (Å²) in [5.74, 6) is 0.312. The molecule has 1 amide bonds. The Morgan fingerprint density at radius 2 is 2.00 bits per heavy atom. The number of likely N-dealkylation sites (N-methyl/N-ethyl adjacent to an activating group) is 1. The minimum absolute atomic E-state index is 0.0746. The molecule has 0 aliphatic carbocycles. The normalized spacial score (nSPS) is 19.6. The molecule has 2 rings (SSSR count). The van der Waals surface area contributed by atoms with Crippen molar-refractivity contribution in [3.63, 3.8) is 0 Å². The standard InChI is InChI=1S/C13H17NO/c1-5-10-12-9(3)6-8(2)7-11(12)14(4)13(10)15/h6-7,10H,5H2,1-4H3. The van der Waals surface area contributed by atoms with E-state index < -0.39 is 0 Å². The van der Waals surface area contributed by atoms with E-state index in [0.717, 1.165) is 12.1 Å². The summed E-state index contributed by atoms with van der Waals surface area (Å²) in [4.78, 5) is 13.8. The second kappa shape index (κ2) is 3.37. The first-order valence-electron chi connectivity index (χ1n) is 5.45. The molecule has 0 saturated heterocycles. The van der Waals surface area contributed by atoms with Crippen LogP contribution in [0.3, 0.4) is 0 Å². The van der Waals surface area contributed by atoms with Gasteiger partial charge in [0.2, 0.25) is 5.91 Å². The van der Waals surface area contributed by atoms with Crippen molar-refractivity contribution in [2.75, 3.05) is 11.9 Å². The summed E-state index contributed by atoms with van der Waals surface area (Å²) >= 11 is 0. The van der Waals surface area contributed by atoms with Crippen LogP contribution >= 0.6 is 0 Å². The maximum atomic E-state index is 12.0. The highest BCUT2D eigenvalue weighted by molar-refractivity contribution is 6.05. The molecule has 1 heterocycles. The smallest absolute Gasteiger partial charge is 0.234 e. The van der Waals surface area contributed by atoms with Crippen molar-refractivity contribution in [1.29, 1.82) is 0 Å². The SMILES string of the molecule is CCC1C(=O)N(C)c2cc(C)cc(C)c21. The maximum Gasteiger partial charge on any atom is 0.234 e. The Balaban J connectivity index is 2.65. The van der Waals surface area contributed by atoms with Crippen LogP contribution in [0.1, 0.15) is 36.0 Å². The van der Waals surface area contributed by atoms with Gasteiger partial charge in [0.15, 0.2) is 0 Å². The Morgan fingerprint density at radius 1 is 1.33 bits per heavy atom. The monoisotopic (exact) mass is 203 g/mol. The lowest BCUT2D eigenvalue weighted by Gasteiger charge is -2.11. The van der Waals surface area contributed by atoms with E-state index in [2.05, 4.69) is 32.9 Å². The average molecular weight is 203 g/mol. The van der Waals surface area contributed by atoms with Crippen LogP contribution in [-0.2, 0) is 4.79 Å². The van der Waals surface area contributed by atoms with Crippen LogP contribution in [0.15, 0.2) is 12.1 Å². The molecule has 2 heteroatoms. The molecule has 1 aromatic rings. The third kappa shape index (κ3) is 1.36. The molecule has 0 N–H and O–H groups in total. The van der Waals surface area contributed by atoms with Crippen LogP contribution in [0.4, 0.5) is 5.69 Å². The van der Waals surface area contributed by atoms with E-state index in [1.54, 1.807) is 4.90 Å². The van der Waals surface area contributed by atoms with Crippen molar-refractivity contribution < 1.29 is 4.79 Å². The third-order valence-electron chi connectivity index (χ3n) is 3.26. The minimum atomic E-state index is 0.0746. The van der Waals surface area contributed by atoms with Crippen molar-refractivity contribution in [3.05, 3.63) is 28.8 Å². The maximum absolute atomic E-state index is 12.0. The highest BCUT2D eigenvalue weighted by Crippen LogP contribution is 2.40. The Bertz CT molecular complexity index is 423. The number of carbonyl (C=O) groups excluding carboxylic acids is 1. The van der Waals surface area contributed by atoms with Crippen molar-refractivity contribution in [1.82, 2.24) is 0 Å². The fraction of sp³-hybridized carbons (Fsp3) is 0.462.